The molecule has 3 aromatic rings. The number of aromatic nitrogens is 4. The number of likely N-dealkylation sites (tertiary alicyclic amines) is 1. The van der Waals surface area contributed by atoms with Gasteiger partial charge in [0, 0.05) is 55.7 Å². The summed E-state index contributed by atoms with van der Waals surface area (Å²) in [7, 11) is 1.94. The van der Waals surface area contributed by atoms with E-state index >= 15 is 0 Å². The van der Waals surface area contributed by atoms with Crippen molar-refractivity contribution in [3.05, 3.63) is 36.4 Å². The van der Waals surface area contributed by atoms with Crippen molar-refractivity contribution in [1.29, 1.82) is 0 Å². The highest BCUT2D eigenvalue weighted by atomic mass is 19.3. The Hall–Kier alpha value is -2.94. The number of alkyl halides is 2. The number of anilines is 1. The standard InChI is InChI=1S/C23H26F2N6O/c1-30-20(14-31-7-2-8-31)18(13-28-30)19-9-16-10-21(27-12-17(16)11-26-19)29-22(32)15-3-5-23(24,25)6-4-15/h9-13,15H,2-8,14H2,1H3,(H,27,29,32). The van der Waals surface area contributed by atoms with Crippen molar-refractivity contribution < 1.29 is 13.6 Å². The minimum absolute atomic E-state index is 0.196. The van der Waals surface area contributed by atoms with Gasteiger partial charge in [-0.25, -0.2) is 13.8 Å². The smallest absolute Gasteiger partial charge is 0.248 e. The Labute approximate surface area is 184 Å². The van der Waals surface area contributed by atoms with E-state index in [1.54, 1.807) is 18.5 Å². The fourth-order valence-corrected chi connectivity index (χ4v) is 4.40. The number of carbonyl (C=O) groups is 1. The third kappa shape index (κ3) is 4.21. The summed E-state index contributed by atoms with van der Waals surface area (Å²) in [5, 5.41) is 9.00. The summed E-state index contributed by atoms with van der Waals surface area (Å²) in [6.45, 7) is 3.04. The van der Waals surface area contributed by atoms with Gasteiger partial charge in [-0.3, -0.25) is 19.4 Å². The molecule has 32 heavy (non-hydrogen) atoms. The third-order valence-corrected chi connectivity index (χ3v) is 6.60. The fourth-order valence-electron chi connectivity index (χ4n) is 4.40. The summed E-state index contributed by atoms with van der Waals surface area (Å²) in [6.07, 6.45) is 6.42. The van der Waals surface area contributed by atoms with Crippen molar-refractivity contribution in [2.45, 2.75) is 44.6 Å². The molecule has 1 saturated heterocycles. The number of pyridine rings is 2. The first kappa shape index (κ1) is 20.9. The van der Waals surface area contributed by atoms with Crippen LogP contribution >= 0.6 is 0 Å². The van der Waals surface area contributed by atoms with Crippen molar-refractivity contribution in [2.24, 2.45) is 13.0 Å². The van der Waals surface area contributed by atoms with E-state index in [-0.39, 0.29) is 31.6 Å². The quantitative estimate of drug-likeness (QED) is 0.649. The van der Waals surface area contributed by atoms with Gasteiger partial charge in [0.2, 0.25) is 11.8 Å². The highest BCUT2D eigenvalue weighted by molar-refractivity contribution is 5.94. The number of aryl methyl sites for hydroxylation is 1. The fraction of sp³-hybridized carbons (Fsp3) is 0.478. The number of carbonyl (C=O) groups excluding carboxylic acids is 1. The minimum atomic E-state index is -2.65. The molecule has 1 aliphatic heterocycles. The summed E-state index contributed by atoms with van der Waals surface area (Å²) in [5.74, 6) is -2.88. The van der Waals surface area contributed by atoms with E-state index in [0.29, 0.717) is 5.82 Å². The molecule has 5 rings (SSSR count). The summed E-state index contributed by atoms with van der Waals surface area (Å²) in [6, 6.07) is 3.78. The van der Waals surface area contributed by atoms with Crippen molar-refractivity contribution in [1.82, 2.24) is 24.6 Å². The van der Waals surface area contributed by atoms with Crippen molar-refractivity contribution >= 4 is 22.5 Å². The number of nitrogens with one attached hydrogen (secondary N) is 1. The zero-order valence-electron chi connectivity index (χ0n) is 18.0. The number of rotatable bonds is 5. The highest BCUT2D eigenvalue weighted by Gasteiger charge is 2.37. The Morgan fingerprint density at radius 3 is 2.59 bits per heavy atom. The molecule has 1 amide bonds. The molecule has 2 fully saturated rings. The second-order valence-electron chi connectivity index (χ2n) is 8.86. The van der Waals surface area contributed by atoms with Crippen LogP contribution in [0.3, 0.4) is 0 Å². The maximum atomic E-state index is 13.4. The Kier molecular flexibility index (Phi) is 5.36. The monoisotopic (exact) mass is 440 g/mol. The van der Waals surface area contributed by atoms with Gasteiger partial charge < -0.3 is 5.32 Å². The van der Waals surface area contributed by atoms with Crippen LogP contribution in [0.25, 0.3) is 22.0 Å². The van der Waals surface area contributed by atoms with Crippen LogP contribution in [-0.4, -0.2) is 49.6 Å². The molecule has 3 aromatic heterocycles. The molecular weight excluding hydrogens is 414 g/mol. The van der Waals surface area contributed by atoms with Gasteiger partial charge in [0.05, 0.1) is 17.6 Å². The maximum Gasteiger partial charge on any atom is 0.248 e. The number of fused-ring (bicyclic) bond motifs is 1. The maximum absolute atomic E-state index is 13.4. The topological polar surface area (TPSA) is 75.9 Å². The molecule has 0 aromatic carbocycles. The van der Waals surface area contributed by atoms with Crippen LogP contribution in [0.1, 0.15) is 37.8 Å². The normalized spacial score (nSPS) is 19.1. The lowest BCUT2D eigenvalue weighted by Crippen LogP contribution is -2.37. The molecule has 4 heterocycles. The third-order valence-electron chi connectivity index (χ3n) is 6.60. The van der Waals surface area contributed by atoms with E-state index in [9.17, 15) is 13.6 Å². The summed E-state index contributed by atoms with van der Waals surface area (Å²) < 4.78 is 28.7. The van der Waals surface area contributed by atoms with Crippen LogP contribution < -0.4 is 5.32 Å². The van der Waals surface area contributed by atoms with Crippen LogP contribution in [-0.2, 0) is 18.4 Å². The average molecular weight is 440 g/mol. The lowest BCUT2D eigenvalue weighted by Gasteiger charge is -2.30. The lowest BCUT2D eigenvalue weighted by atomic mass is 9.86. The largest absolute Gasteiger partial charge is 0.310 e. The molecular formula is C23H26F2N6O. The molecule has 0 atom stereocenters. The number of hydrogen-bond donors (Lipinski definition) is 1. The second kappa shape index (κ2) is 8.20. The number of hydrogen-bond acceptors (Lipinski definition) is 5. The molecule has 1 aliphatic carbocycles. The van der Waals surface area contributed by atoms with E-state index < -0.39 is 11.8 Å². The van der Waals surface area contributed by atoms with Gasteiger partial charge in [-0.2, -0.15) is 5.10 Å². The molecule has 168 valence electrons. The number of nitrogens with zero attached hydrogens (tertiary/aromatic N) is 5. The predicted molar refractivity (Wildman–Crippen MR) is 117 cm³/mol. The zero-order valence-corrected chi connectivity index (χ0v) is 18.0. The van der Waals surface area contributed by atoms with E-state index in [1.165, 1.54) is 6.42 Å². The minimum Gasteiger partial charge on any atom is -0.310 e. The van der Waals surface area contributed by atoms with E-state index in [0.717, 1.165) is 47.4 Å². The van der Waals surface area contributed by atoms with E-state index in [2.05, 4.69) is 25.3 Å². The zero-order chi connectivity index (χ0) is 22.3. The van der Waals surface area contributed by atoms with Crippen molar-refractivity contribution in [3.8, 4) is 11.3 Å². The molecule has 7 nitrogen and oxygen atoms in total. The summed E-state index contributed by atoms with van der Waals surface area (Å²) >= 11 is 0. The molecule has 1 N–H and O–H groups in total. The first-order valence-electron chi connectivity index (χ1n) is 11.1. The molecule has 2 aliphatic rings. The van der Waals surface area contributed by atoms with Gasteiger partial charge in [-0.05, 0) is 49.9 Å². The Balaban J connectivity index is 1.36. The van der Waals surface area contributed by atoms with Crippen molar-refractivity contribution in [3.63, 3.8) is 0 Å². The second-order valence-corrected chi connectivity index (χ2v) is 8.86. The van der Waals surface area contributed by atoms with Gasteiger partial charge in [0.15, 0.2) is 0 Å². The Morgan fingerprint density at radius 1 is 1.12 bits per heavy atom. The average Bonchev–Trinajstić information content (AvgIpc) is 3.10. The van der Waals surface area contributed by atoms with Gasteiger partial charge in [0.25, 0.3) is 0 Å². The summed E-state index contributed by atoms with van der Waals surface area (Å²) in [4.78, 5) is 23.9. The highest BCUT2D eigenvalue weighted by Crippen LogP contribution is 2.36. The van der Waals surface area contributed by atoms with E-state index in [1.807, 2.05) is 24.0 Å². The van der Waals surface area contributed by atoms with Crippen LogP contribution in [0, 0.1) is 5.92 Å². The lowest BCUT2D eigenvalue weighted by molar-refractivity contribution is -0.124. The molecule has 0 bridgehead atoms. The van der Waals surface area contributed by atoms with Crippen LogP contribution in [0.15, 0.2) is 30.7 Å². The van der Waals surface area contributed by atoms with E-state index in [4.69, 9.17) is 0 Å². The molecule has 0 spiro atoms. The first-order chi connectivity index (χ1) is 15.4. The predicted octanol–water partition coefficient (Wildman–Crippen LogP) is 4.00. The Bertz CT molecular complexity index is 1150. The van der Waals surface area contributed by atoms with Crippen LogP contribution in [0.4, 0.5) is 14.6 Å². The van der Waals surface area contributed by atoms with Crippen LogP contribution in [0.5, 0.6) is 0 Å². The van der Waals surface area contributed by atoms with Crippen LogP contribution in [0.2, 0.25) is 0 Å². The van der Waals surface area contributed by atoms with Gasteiger partial charge in [-0.15, -0.1) is 0 Å². The van der Waals surface area contributed by atoms with Crippen molar-refractivity contribution in [2.75, 3.05) is 18.4 Å². The first-order valence-corrected chi connectivity index (χ1v) is 11.1. The molecule has 9 heteroatoms. The number of amides is 1. The van der Waals surface area contributed by atoms with Gasteiger partial charge >= 0.3 is 0 Å². The Morgan fingerprint density at radius 2 is 1.88 bits per heavy atom. The molecule has 0 radical (unpaired) electrons. The molecule has 0 unspecified atom stereocenters. The van der Waals surface area contributed by atoms with Gasteiger partial charge in [0.1, 0.15) is 5.82 Å². The SMILES string of the molecule is Cn1ncc(-c2cc3cc(NC(=O)C4CCC(F)(F)CC4)ncc3cn2)c1CN1CCC1. The van der Waals surface area contributed by atoms with Gasteiger partial charge in [-0.1, -0.05) is 0 Å². The number of halogens is 2. The molecule has 1 saturated carbocycles. The summed E-state index contributed by atoms with van der Waals surface area (Å²) in [5.41, 5.74) is 2.93.